The molecular formula is C13H12F4O2. The highest BCUT2D eigenvalue weighted by atomic mass is 19.3. The van der Waals surface area contributed by atoms with E-state index in [1.807, 2.05) is 0 Å². The first kappa shape index (κ1) is 12.9. The Morgan fingerprint density at radius 3 is 2.68 bits per heavy atom. The zero-order valence-corrected chi connectivity index (χ0v) is 10.1. The van der Waals surface area contributed by atoms with E-state index in [-0.39, 0.29) is 12.2 Å². The molecule has 2 nitrogen and oxygen atoms in total. The fourth-order valence-electron chi connectivity index (χ4n) is 2.80. The fourth-order valence-corrected chi connectivity index (χ4v) is 2.80. The molecule has 0 radical (unpaired) electrons. The van der Waals surface area contributed by atoms with Gasteiger partial charge in [-0.05, 0) is 24.1 Å². The predicted molar refractivity (Wildman–Crippen MR) is 58.3 cm³/mol. The number of fused-ring (bicyclic) bond motifs is 1. The maximum atomic E-state index is 13.5. The molecule has 0 spiro atoms. The number of hydrogen-bond acceptors (Lipinski definition) is 2. The van der Waals surface area contributed by atoms with Crippen molar-refractivity contribution in [2.45, 2.75) is 31.0 Å². The van der Waals surface area contributed by atoms with Crippen molar-refractivity contribution in [3.63, 3.8) is 0 Å². The van der Waals surface area contributed by atoms with Crippen LogP contribution in [0.5, 0.6) is 0 Å². The average Bonchev–Trinajstić information content (AvgIpc) is 2.89. The summed E-state index contributed by atoms with van der Waals surface area (Å²) in [6.07, 6.45) is -2.11. The van der Waals surface area contributed by atoms with Gasteiger partial charge in [-0.15, -0.1) is 0 Å². The lowest BCUT2D eigenvalue weighted by atomic mass is 9.89. The molecule has 0 saturated carbocycles. The van der Waals surface area contributed by atoms with Gasteiger partial charge in [0.2, 0.25) is 0 Å². The van der Waals surface area contributed by atoms with Crippen molar-refractivity contribution in [1.29, 1.82) is 0 Å². The third-order valence-electron chi connectivity index (χ3n) is 3.82. The standard InChI is InChI=1S/C13H12F4O2/c1-6-7(2-3-9(14)10(6)15)8-4-18-12-11(8)19-5-13(12,16)17/h2-3,8,11-12H,4-5H2,1H3/t8?,11-,12+/m1/s1. The zero-order valence-electron chi connectivity index (χ0n) is 10.1. The van der Waals surface area contributed by atoms with Crippen LogP contribution in [0, 0.1) is 18.6 Å². The molecule has 1 unspecified atom stereocenters. The molecule has 2 aliphatic rings. The van der Waals surface area contributed by atoms with Crippen LogP contribution < -0.4 is 0 Å². The molecule has 3 atom stereocenters. The fraction of sp³-hybridized carbons (Fsp3) is 0.538. The van der Waals surface area contributed by atoms with Crippen LogP contribution in [0.25, 0.3) is 0 Å². The van der Waals surface area contributed by atoms with Crippen LogP contribution in [0.4, 0.5) is 17.6 Å². The molecule has 1 aromatic rings. The van der Waals surface area contributed by atoms with Gasteiger partial charge in [-0.3, -0.25) is 0 Å². The van der Waals surface area contributed by atoms with E-state index in [4.69, 9.17) is 9.47 Å². The minimum Gasteiger partial charge on any atom is -0.368 e. The lowest BCUT2D eigenvalue weighted by molar-refractivity contribution is -0.0946. The molecule has 19 heavy (non-hydrogen) atoms. The molecule has 0 amide bonds. The van der Waals surface area contributed by atoms with E-state index in [1.165, 1.54) is 13.0 Å². The van der Waals surface area contributed by atoms with Crippen molar-refractivity contribution in [3.05, 3.63) is 34.9 Å². The summed E-state index contributed by atoms with van der Waals surface area (Å²) in [5.74, 6) is -5.42. The topological polar surface area (TPSA) is 18.5 Å². The summed E-state index contributed by atoms with van der Waals surface area (Å²) in [6, 6.07) is 2.40. The van der Waals surface area contributed by atoms with Gasteiger partial charge in [0.25, 0.3) is 5.92 Å². The summed E-state index contributed by atoms with van der Waals surface area (Å²) in [6.45, 7) is 0.757. The number of benzene rings is 1. The summed E-state index contributed by atoms with van der Waals surface area (Å²) in [7, 11) is 0. The van der Waals surface area contributed by atoms with Crippen molar-refractivity contribution in [2.24, 2.45) is 0 Å². The second kappa shape index (κ2) is 4.18. The van der Waals surface area contributed by atoms with Crippen molar-refractivity contribution in [2.75, 3.05) is 13.2 Å². The normalized spacial score (nSPS) is 32.6. The maximum absolute atomic E-state index is 13.5. The van der Waals surface area contributed by atoms with Crippen LogP contribution in [-0.4, -0.2) is 31.3 Å². The van der Waals surface area contributed by atoms with E-state index < -0.39 is 42.3 Å². The highest BCUT2D eigenvalue weighted by molar-refractivity contribution is 5.34. The summed E-state index contributed by atoms with van der Waals surface area (Å²) < 4.78 is 63.7. The molecule has 1 aromatic carbocycles. The van der Waals surface area contributed by atoms with E-state index in [0.29, 0.717) is 5.56 Å². The minimum absolute atomic E-state index is 0.0246. The van der Waals surface area contributed by atoms with Crippen LogP contribution >= 0.6 is 0 Å². The van der Waals surface area contributed by atoms with E-state index in [0.717, 1.165) is 6.07 Å². The van der Waals surface area contributed by atoms with Gasteiger partial charge < -0.3 is 9.47 Å². The van der Waals surface area contributed by atoms with Gasteiger partial charge in [0, 0.05) is 5.92 Å². The highest BCUT2D eigenvalue weighted by Gasteiger charge is 2.58. The molecule has 104 valence electrons. The minimum atomic E-state index is -3.02. The molecule has 2 heterocycles. The third-order valence-corrected chi connectivity index (χ3v) is 3.82. The van der Waals surface area contributed by atoms with Gasteiger partial charge in [-0.1, -0.05) is 6.07 Å². The predicted octanol–water partition coefficient (Wildman–Crippen LogP) is 2.79. The second-order valence-electron chi connectivity index (χ2n) is 4.97. The number of hydrogen-bond donors (Lipinski definition) is 0. The van der Waals surface area contributed by atoms with Crippen molar-refractivity contribution >= 4 is 0 Å². The lowest BCUT2D eigenvalue weighted by Gasteiger charge is -2.18. The molecule has 6 heteroatoms. The SMILES string of the molecule is Cc1c(C2CO[C@H]3[C@@H]2OCC3(F)F)ccc(F)c1F. The maximum Gasteiger partial charge on any atom is 0.299 e. The smallest absolute Gasteiger partial charge is 0.299 e. The van der Waals surface area contributed by atoms with Crippen LogP contribution in [0.1, 0.15) is 17.0 Å². The van der Waals surface area contributed by atoms with Crippen molar-refractivity contribution in [3.8, 4) is 0 Å². The monoisotopic (exact) mass is 276 g/mol. The van der Waals surface area contributed by atoms with E-state index in [9.17, 15) is 17.6 Å². The van der Waals surface area contributed by atoms with Crippen LogP contribution in [0.15, 0.2) is 12.1 Å². The van der Waals surface area contributed by atoms with Crippen LogP contribution in [0.3, 0.4) is 0 Å². The summed E-state index contributed by atoms with van der Waals surface area (Å²) in [4.78, 5) is 0. The largest absolute Gasteiger partial charge is 0.368 e. The van der Waals surface area contributed by atoms with Crippen molar-refractivity contribution < 1.29 is 27.0 Å². The Hall–Kier alpha value is -1.14. The molecule has 2 saturated heterocycles. The zero-order chi connectivity index (χ0) is 13.8. The summed E-state index contributed by atoms with van der Waals surface area (Å²) >= 11 is 0. The Morgan fingerprint density at radius 2 is 1.95 bits per heavy atom. The Balaban J connectivity index is 1.95. The van der Waals surface area contributed by atoms with Gasteiger partial charge in [0.15, 0.2) is 17.7 Å². The molecule has 2 aliphatic heterocycles. The first-order valence-electron chi connectivity index (χ1n) is 5.97. The quantitative estimate of drug-likeness (QED) is 0.734. The molecule has 0 aromatic heterocycles. The summed E-state index contributed by atoms with van der Waals surface area (Å²) in [5.41, 5.74) is 0.581. The van der Waals surface area contributed by atoms with Crippen molar-refractivity contribution in [1.82, 2.24) is 0 Å². The molecular weight excluding hydrogens is 264 g/mol. The van der Waals surface area contributed by atoms with Gasteiger partial charge in [0.1, 0.15) is 6.61 Å². The molecule has 0 bridgehead atoms. The number of rotatable bonds is 1. The molecule has 0 aliphatic carbocycles. The van der Waals surface area contributed by atoms with Crippen LogP contribution in [-0.2, 0) is 9.47 Å². The number of halogens is 4. The van der Waals surface area contributed by atoms with E-state index in [1.54, 1.807) is 0 Å². The highest BCUT2D eigenvalue weighted by Crippen LogP contribution is 2.45. The lowest BCUT2D eigenvalue weighted by Crippen LogP contribution is -2.34. The Labute approximate surface area is 107 Å². The van der Waals surface area contributed by atoms with Gasteiger partial charge in [0.05, 0.1) is 12.7 Å². The number of ether oxygens (including phenoxy) is 2. The Kier molecular flexibility index (Phi) is 2.83. The first-order chi connectivity index (χ1) is 8.92. The first-order valence-corrected chi connectivity index (χ1v) is 5.97. The average molecular weight is 276 g/mol. The molecule has 3 rings (SSSR count). The Bertz CT molecular complexity index is 518. The Morgan fingerprint density at radius 1 is 1.21 bits per heavy atom. The van der Waals surface area contributed by atoms with Gasteiger partial charge in [-0.2, -0.15) is 0 Å². The second-order valence-corrected chi connectivity index (χ2v) is 4.97. The van der Waals surface area contributed by atoms with Gasteiger partial charge in [-0.25, -0.2) is 17.6 Å². The van der Waals surface area contributed by atoms with Crippen LogP contribution in [0.2, 0.25) is 0 Å². The summed E-state index contributed by atoms with van der Waals surface area (Å²) in [5, 5.41) is 0. The van der Waals surface area contributed by atoms with E-state index >= 15 is 0 Å². The molecule has 2 fully saturated rings. The van der Waals surface area contributed by atoms with E-state index in [2.05, 4.69) is 0 Å². The number of alkyl halides is 2. The third kappa shape index (κ3) is 1.85. The van der Waals surface area contributed by atoms with Gasteiger partial charge >= 0.3 is 0 Å². The molecule has 0 N–H and O–H groups in total.